The second-order valence-corrected chi connectivity index (χ2v) is 10.5. The Morgan fingerprint density at radius 3 is 2.35 bits per heavy atom. The number of nitrogens with one attached hydrogen (secondary N) is 2. The minimum absolute atomic E-state index is 0. The fourth-order valence-corrected chi connectivity index (χ4v) is 4.99. The van der Waals surface area contributed by atoms with Crippen molar-refractivity contribution in [2.75, 3.05) is 22.8 Å². The maximum Gasteiger partial charge on any atom is 0.255 e. The normalized spacial score (nSPS) is 11.3. The number of nitrogens with zero attached hydrogens (tertiary/aromatic N) is 2. The first-order valence-electron chi connectivity index (χ1n) is 11.6. The van der Waals surface area contributed by atoms with Crippen LogP contribution in [0.4, 0.5) is 11.4 Å². The molecule has 3 aromatic carbocycles. The van der Waals surface area contributed by atoms with E-state index >= 15 is 0 Å². The van der Waals surface area contributed by atoms with Gasteiger partial charge in [-0.1, -0.05) is 31.7 Å². The first-order chi connectivity index (χ1) is 17.2. The minimum Gasteiger partial charge on any atom is -0.385 e. The van der Waals surface area contributed by atoms with Crippen LogP contribution in [0.2, 0.25) is 0 Å². The summed E-state index contributed by atoms with van der Waals surface area (Å²) >= 11 is 0. The Balaban J connectivity index is 0.00000320. The van der Waals surface area contributed by atoms with Gasteiger partial charge < -0.3 is 5.32 Å². The minimum atomic E-state index is -3.35. The molecule has 2 heterocycles. The molecule has 190 valence electrons. The molecule has 5 aromatic rings. The zero-order valence-electron chi connectivity index (χ0n) is 20.2. The monoisotopic (exact) mass is 514 g/mol. The molecular formula is C29H30N4O3S. The summed E-state index contributed by atoms with van der Waals surface area (Å²) in [5.74, 6) is 0. The molecule has 5 rings (SSSR count). The number of hydrogen-bond acceptors (Lipinski definition) is 5. The van der Waals surface area contributed by atoms with E-state index in [1.807, 2.05) is 62.4 Å². The lowest BCUT2D eigenvalue weighted by Crippen LogP contribution is -2.18. The summed E-state index contributed by atoms with van der Waals surface area (Å²) in [7, 11) is -3.35. The average molecular weight is 515 g/mol. The smallest absolute Gasteiger partial charge is 0.255 e. The summed E-state index contributed by atoms with van der Waals surface area (Å²) in [6.07, 6.45) is 2.91. The van der Waals surface area contributed by atoms with E-state index < -0.39 is 10.0 Å². The van der Waals surface area contributed by atoms with Crippen LogP contribution in [0.1, 0.15) is 19.9 Å². The third kappa shape index (κ3) is 5.20. The van der Waals surface area contributed by atoms with Crippen LogP contribution in [0.25, 0.3) is 38.6 Å². The summed E-state index contributed by atoms with van der Waals surface area (Å²) < 4.78 is 27.3. The van der Waals surface area contributed by atoms with Crippen LogP contribution in [-0.2, 0) is 10.0 Å². The van der Waals surface area contributed by atoms with Gasteiger partial charge in [0.1, 0.15) is 0 Å². The third-order valence-corrected chi connectivity index (χ3v) is 6.69. The fourth-order valence-electron chi connectivity index (χ4n) is 4.42. The largest absolute Gasteiger partial charge is 0.385 e. The van der Waals surface area contributed by atoms with Crippen LogP contribution >= 0.6 is 0 Å². The first kappa shape index (κ1) is 25.9. The molecule has 2 N–H and O–H groups in total. The Morgan fingerprint density at radius 1 is 0.919 bits per heavy atom. The van der Waals surface area contributed by atoms with E-state index in [4.69, 9.17) is 0 Å². The van der Waals surface area contributed by atoms with Crippen molar-refractivity contribution in [2.45, 2.75) is 21.3 Å². The lowest BCUT2D eigenvalue weighted by Gasteiger charge is -2.16. The van der Waals surface area contributed by atoms with Crippen LogP contribution in [0.3, 0.4) is 0 Å². The number of aromatic nitrogens is 2. The fraction of sp³-hybridized carbons (Fsp3) is 0.172. The highest BCUT2D eigenvalue weighted by atomic mass is 32.2. The van der Waals surface area contributed by atoms with Gasteiger partial charge in [-0.25, -0.2) is 8.42 Å². The molecule has 0 amide bonds. The average Bonchev–Trinajstić information content (AvgIpc) is 2.85. The predicted octanol–water partition coefficient (Wildman–Crippen LogP) is 5.95. The number of hydrogen-bond donors (Lipinski definition) is 2. The molecule has 0 unspecified atom stereocenters. The number of aryl methyl sites for hydroxylation is 1. The van der Waals surface area contributed by atoms with Crippen molar-refractivity contribution in [3.63, 3.8) is 0 Å². The van der Waals surface area contributed by atoms with E-state index in [9.17, 15) is 13.2 Å². The van der Waals surface area contributed by atoms with Crippen molar-refractivity contribution in [2.24, 2.45) is 0 Å². The van der Waals surface area contributed by atoms with Crippen molar-refractivity contribution >= 4 is 43.2 Å². The zero-order chi connectivity index (χ0) is 25.4. The lowest BCUT2D eigenvalue weighted by molar-refractivity contribution is 0.607. The van der Waals surface area contributed by atoms with E-state index in [-0.39, 0.29) is 13.0 Å². The highest BCUT2D eigenvalue weighted by Gasteiger charge is 2.13. The second-order valence-electron chi connectivity index (χ2n) is 8.78. The van der Waals surface area contributed by atoms with E-state index in [1.165, 1.54) is 0 Å². The van der Waals surface area contributed by atoms with Crippen LogP contribution in [-0.4, -0.2) is 30.8 Å². The molecule has 0 radical (unpaired) electrons. The van der Waals surface area contributed by atoms with Crippen LogP contribution in [0, 0.1) is 6.92 Å². The number of fused-ring (bicyclic) bond motifs is 3. The molecule has 0 aliphatic heterocycles. The van der Waals surface area contributed by atoms with Gasteiger partial charge in [-0.15, -0.1) is 0 Å². The molecular weight excluding hydrogens is 484 g/mol. The molecule has 8 heteroatoms. The zero-order valence-corrected chi connectivity index (χ0v) is 21.1. The number of anilines is 2. The van der Waals surface area contributed by atoms with E-state index in [2.05, 4.69) is 15.0 Å². The van der Waals surface area contributed by atoms with E-state index in [0.717, 1.165) is 62.7 Å². The lowest BCUT2D eigenvalue weighted by atomic mass is 10.0. The van der Waals surface area contributed by atoms with E-state index in [0.29, 0.717) is 5.69 Å². The molecule has 0 aliphatic rings. The molecule has 0 aliphatic carbocycles. The third-order valence-electron chi connectivity index (χ3n) is 6.09. The molecule has 37 heavy (non-hydrogen) atoms. The summed E-state index contributed by atoms with van der Waals surface area (Å²) in [5, 5.41) is 5.08. The van der Waals surface area contributed by atoms with Gasteiger partial charge in [-0.05, 0) is 73.0 Å². The Bertz CT molecular complexity index is 1780. The van der Waals surface area contributed by atoms with Gasteiger partial charge in [0.05, 0.1) is 23.0 Å². The first-order valence-corrected chi connectivity index (χ1v) is 13.5. The van der Waals surface area contributed by atoms with Crippen molar-refractivity contribution < 1.29 is 8.42 Å². The van der Waals surface area contributed by atoms with E-state index in [1.54, 1.807) is 35.0 Å². The van der Waals surface area contributed by atoms with Crippen molar-refractivity contribution in [3.05, 3.63) is 94.9 Å². The highest BCUT2D eigenvalue weighted by Crippen LogP contribution is 2.31. The maximum atomic E-state index is 13.2. The Morgan fingerprint density at radius 2 is 1.65 bits per heavy atom. The second kappa shape index (κ2) is 10.1. The number of sulfonamides is 1. The number of pyridine rings is 2. The van der Waals surface area contributed by atoms with Gasteiger partial charge in [0, 0.05) is 41.0 Å². The van der Waals surface area contributed by atoms with Gasteiger partial charge in [0.25, 0.3) is 5.56 Å². The Labute approximate surface area is 216 Å². The quantitative estimate of drug-likeness (QED) is 0.273. The molecule has 0 fully saturated rings. The van der Waals surface area contributed by atoms with Crippen molar-refractivity contribution in [1.82, 2.24) is 9.55 Å². The van der Waals surface area contributed by atoms with Crippen LogP contribution in [0.5, 0.6) is 0 Å². The predicted molar refractivity (Wildman–Crippen MR) is 154 cm³/mol. The standard InChI is InChI=1S/C28H26N4O3S.CH4/c1-4-29-26-16-23(12-5-18(26)2)32-27(33)14-9-21-17-30-25-13-8-20(15-24(25)28(21)32)19-6-10-22(11-7-19)31-36(3,34)35;/h5-17,29,31H,4H2,1-3H3;1H4. The Kier molecular flexibility index (Phi) is 7.05. The van der Waals surface area contributed by atoms with Crippen LogP contribution < -0.4 is 15.6 Å². The highest BCUT2D eigenvalue weighted by molar-refractivity contribution is 7.92. The molecule has 2 aromatic heterocycles. The summed E-state index contributed by atoms with van der Waals surface area (Å²) in [6, 6.07) is 22.5. The number of benzene rings is 3. The molecule has 0 saturated carbocycles. The maximum absolute atomic E-state index is 13.2. The van der Waals surface area contributed by atoms with Crippen molar-refractivity contribution in [1.29, 1.82) is 0 Å². The van der Waals surface area contributed by atoms with Gasteiger partial charge in [0.15, 0.2) is 0 Å². The molecule has 0 saturated heterocycles. The van der Waals surface area contributed by atoms with Crippen LogP contribution in [0.15, 0.2) is 83.8 Å². The number of rotatable bonds is 6. The molecule has 0 spiro atoms. The Hall–Kier alpha value is -4.17. The van der Waals surface area contributed by atoms with Gasteiger partial charge in [0.2, 0.25) is 10.0 Å². The van der Waals surface area contributed by atoms with Gasteiger partial charge >= 0.3 is 0 Å². The summed E-state index contributed by atoms with van der Waals surface area (Å²) in [4.78, 5) is 17.8. The summed E-state index contributed by atoms with van der Waals surface area (Å²) in [5.41, 5.74) is 6.67. The topological polar surface area (TPSA) is 93.1 Å². The SMILES string of the molecule is C.CCNc1cc(-n2c(=O)ccc3cnc4ccc(-c5ccc(NS(C)(=O)=O)cc5)cc4c32)ccc1C. The summed E-state index contributed by atoms with van der Waals surface area (Å²) in [6.45, 7) is 4.86. The molecule has 0 atom stereocenters. The molecule has 0 bridgehead atoms. The van der Waals surface area contributed by atoms with Gasteiger partial charge in [-0.2, -0.15) is 0 Å². The van der Waals surface area contributed by atoms with Crippen molar-refractivity contribution in [3.8, 4) is 16.8 Å². The van der Waals surface area contributed by atoms with Gasteiger partial charge in [-0.3, -0.25) is 19.1 Å². The molecule has 7 nitrogen and oxygen atoms in total.